The van der Waals surface area contributed by atoms with Gasteiger partial charge in [-0.3, -0.25) is 14.4 Å². The molecule has 1 atom stereocenters. The fourth-order valence-electron chi connectivity index (χ4n) is 3.98. The number of fused-ring (bicyclic) bond motifs is 2. The number of ether oxygens (including phenoxy) is 2. The second-order valence-corrected chi connectivity index (χ2v) is 8.82. The van der Waals surface area contributed by atoms with Gasteiger partial charge < -0.3 is 24.7 Å². The zero-order valence-corrected chi connectivity index (χ0v) is 19.6. The lowest BCUT2D eigenvalue weighted by molar-refractivity contribution is -0.118. The summed E-state index contributed by atoms with van der Waals surface area (Å²) in [5.41, 5.74) is 1.00. The Morgan fingerprint density at radius 1 is 1.17 bits per heavy atom. The van der Waals surface area contributed by atoms with Crippen LogP contribution in [0.1, 0.15) is 22.8 Å². The molecule has 5 rings (SSSR count). The molecule has 0 radical (unpaired) electrons. The zero-order chi connectivity index (χ0) is 24.4. The second kappa shape index (κ2) is 9.59. The summed E-state index contributed by atoms with van der Waals surface area (Å²) in [6.07, 6.45) is 3.34. The van der Waals surface area contributed by atoms with Gasteiger partial charge in [0.05, 0.1) is 10.9 Å². The monoisotopic (exact) mass is 490 g/mol. The summed E-state index contributed by atoms with van der Waals surface area (Å²) < 4.78 is 12.7. The van der Waals surface area contributed by atoms with Crippen LogP contribution in [0.25, 0.3) is 10.9 Å². The Balaban J connectivity index is 1.48. The van der Waals surface area contributed by atoms with Crippen LogP contribution in [0.5, 0.6) is 11.5 Å². The SMILES string of the molecule is CCn1cc(C(=O)N[C@@H](Cc2ccccc2)C(=O)Nc2nccs2)c(=O)c2cc3c(cc21)OCO3. The molecule has 2 N–H and O–H groups in total. The van der Waals surface area contributed by atoms with E-state index in [-0.39, 0.29) is 18.8 Å². The topological polar surface area (TPSA) is 112 Å². The molecule has 0 aliphatic carbocycles. The number of anilines is 1. The van der Waals surface area contributed by atoms with Gasteiger partial charge in [-0.25, -0.2) is 4.98 Å². The largest absolute Gasteiger partial charge is 0.454 e. The molecule has 4 aromatic rings. The maximum Gasteiger partial charge on any atom is 0.257 e. The first-order valence-corrected chi connectivity index (χ1v) is 11.9. The molecule has 0 saturated carbocycles. The molecule has 0 unspecified atom stereocenters. The van der Waals surface area contributed by atoms with Crippen LogP contribution in [0.2, 0.25) is 0 Å². The number of nitrogens with one attached hydrogen (secondary N) is 2. The van der Waals surface area contributed by atoms with E-state index >= 15 is 0 Å². The number of pyridine rings is 1. The second-order valence-electron chi connectivity index (χ2n) is 7.92. The first-order valence-electron chi connectivity index (χ1n) is 11.1. The molecule has 9 nitrogen and oxygen atoms in total. The van der Waals surface area contributed by atoms with Crippen LogP contribution in [0.4, 0.5) is 5.13 Å². The molecule has 178 valence electrons. The molecule has 35 heavy (non-hydrogen) atoms. The van der Waals surface area contributed by atoms with E-state index in [1.807, 2.05) is 37.3 Å². The third-order valence-corrected chi connectivity index (χ3v) is 6.42. The average Bonchev–Trinajstić information content (AvgIpc) is 3.55. The number of carbonyl (C=O) groups excluding carboxylic acids is 2. The number of rotatable bonds is 7. The van der Waals surface area contributed by atoms with Crippen molar-refractivity contribution in [2.24, 2.45) is 0 Å². The number of benzene rings is 2. The van der Waals surface area contributed by atoms with E-state index in [0.29, 0.717) is 34.1 Å². The predicted octanol–water partition coefficient (Wildman–Crippen LogP) is 3.19. The molecule has 2 aromatic heterocycles. The van der Waals surface area contributed by atoms with Crippen LogP contribution < -0.4 is 25.5 Å². The maximum absolute atomic E-state index is 13.3. The fourth-order valence-corrected chi connectivity index (χ4v) is 4.51. The summed E-state index contributed by atoms with van der Waals surface area (Å²) in [6, 6.07) is 11.8. The number of hydrogen-bond acceptors (Lipinski definition) is 7. The van der Waals surface area contributed by atoms with Gasteiger partial charge in [0.1, 0.15) is 11.6 Å². The van der Waals surface area contributed by atoms with Crippen molar-refractivity contribution in [2.75, 3.05) is 12.1 Å². The third-order valence-electron chi connectivity index (χ3n) is 5.73. The highest BCUT2D eigenvalue weighted by Gasteiger charge is 2.26. The average molecular weight is 491 g/mol. The van der Waals surface area contributed by atoms with Crippen LogP contribution in [0, 0.1) is 0 Å². The van der Waals surface area contributed by atoms with E-state index in [9.17, 15) is 14.4 Å². The normalized spacial score (nSPS) is 12.9. The summed E-state index contributed by atoms with van der Waals surface area (Å²) in [5, 5.41) is 8.01. The highest BCUT2D eigenvalue weighted by molar-refractivity contribution is 7.13. The Hall–Kier alpha value is -4.18. The van der Waals surface area contributed by atoms with Gasteiger partial charge in [-0.15, -0.1) is 11.3 Å². The van der Waals surface area contributed by atoms with Gasteiger partial charge >= 0.3 is 0 Å². The molecule has 0 spiro atoms. The van der Waals surface area contributed by atoms with Gasteiger partial charge in [0.25, 0.3) is 5.91 Å². The lowest BCUT2D eigenvalue weighted by Gasteiger charge is -2.19. The van der Waals surface area contributed by atoms with Gasteiger partial charge in [0.2, 0.25) is 18.1 Å². The maximum atomic E-state index is 13.3. The molecule has 1 aliphatic heterocycles. The highest BCUT2D eigenvalue weighted by atomic mass is 32.1. The predicted molar refractivity (Wildman–Crippen MR) is 132 cm³/mol. The first kappa shape index (κ1) is 22.6. The number of amides is 2. The number of thiazole rings is 1. The van der Waals surface area contributed by atoms with Crippen molar-refractivity contribution in [1.82, 2.24) is 14.9 Å². The number of nitrogens with zero attached hydrogens (tertiary/aromatic N) is 2. The number of aromatic nitrogens is 2. The van der Waals surface area contributed by atoms with Gasteiger partial charge in [0, 0.05) is 36.8 Å². The van der Waals surface area contributed by atoms with Gasteiger partial charge in [0.15, 0.2) is 16.6 Å². The van der Waals surface area contributed by atoms with Crippen LogP contribution in [0.15, 0.2) is 65.0 Å². The first-order chi connectivity index (χ1) is 17.0. The molecule has 0 fully saturated rings. The summed E-state index contributed by atoms with van der Waals surface area (Å²) in [5.74, 6) is -0.0400. The fraction of sp³-hybridized carbons (Fsp3) is 0.200. The summed E-state index contributed by atoms with van der Waals surface area (Å²) in [7, 11) is 0. The quantitative estimate of drug-likeness (QED) is 0.412. The zero-order valence-electron chi connectivity index (χ0n) is 18.8. The van der Waals surface area contributed by atoms with Crippen molar-refractivity contribution in [3.63, 3.8) is 0 Å². The molecule has 3 heterocycles. The van der Waals surface area contributed by atoms with E-state index in [4.69, 9.17) is 9.47 Å². The summed E-state index contributed by atoms with van der Waals surface area (Å²) in [4.78, 5) is 43.8. The van der Waals surface area contributed by atoms with Gasteiger partial charge in [-0.2, -0.15) is 0 Å². The van der Waals surface area contributed by atoms with E-state index in [1.165, 1.54) is 17.5 Å². The standard InChI is InChI=1S/C25H22N4O5S/c1-2-29-13-17(22(30)16-11-20-21(12-19(16)29)34-14-33-20)23(31)27-18(10-15-6-4-3-5-7-15)24(32)28-25-26-8-9-35-25/h3-9,11-13,18H,2,10,14H2,1H3,(H,27,31)(H,26,28,32)/t18-/m0/s1. The van der Waals surface area contributed by atoms with Crippen LogP contribution in [-0.4, -0.2) is 34.2 Å². The van der Waals surface area contributed by atoms with E-state index < -0.39 is 23.3 Å². The Labute approximate surface area is 204 Å². The van der Waals surface area contributed by atoms with E-state index in [0.717, 1.165) is 5.56 Å². The van der Waals surface area contributed by atoms with Crippen molar-refractivity contribution in [2.45, 2.75) is 25.9 Å². The lowest BCUT2D eigenvalue weighted by atomic mass is 10.0. The summed E-state index contributed by atoms with van der Waals surface area (Å²) in [6.45, 7) is 2.51. The molecule has 0 saturated heterocycles. The Morgan fingerprint density at radius 2 is 1.94 bits per heavy atom. The molecular formula is C25H22N4O5S. The van der Waals surface area contributed by atoms with Crippen LogP contribution in [-0.2, 0) is 17.8 Å². The molecule has 2 aromatic carbocycles. The number of carbonyl (C=O) groups is 2. The molecule has 1 aliphatic rings. The number of hydrogen-bond donors (Lipinski definition) is 2. The van der Waals surface area contributed by atoms with Crippen LogP contribution in [0.3, 0.4) is 0 Å². The lowest BCUT2D eigenvalue weighted by Crippen LogP contribution is -2.46. The van der Waals surface area contributed by atoms with Crippen molar-refractivity contribution >= 4 is 39.2 Å². The Kier molecular flexibility index (Phi) is 6.19. The highest BCUT2D eigenvalue weighted by Crippen LogP contribution is 2.35. The third kappa shape index (κ3) is 4.60. The minimum Gasteiger partial charge on any atom is -0.454 e. The Morgan fingerprint density at radius 3 is 2.66 bits per heavy atom. The van der Waals surface area contributed by atoms with Crippen molar-refractivity contribution in [3.05, 3.63) is 81.6 Å². The van der Waals surface area contributed by atoms with Crippen molar-refractivity contribution in [3.8, 4) is 11.5 Å². The van der Waals surface area contributed by atoms with E-state index in [1.54, 1.807) is 28.3 Å². The van der Waals surface area contributed by atoms with Gasteiger partial charge in [-0.05, 0) is 18.6 Å². The van der Waals surface area contributed by atoms with E-state index in [2.05, 4.69) is 15.6 Å². The molecule has 2 amide bonds. The molecular weight excluding hydrogens is 468 g/mol. The minimum absolute atomic E-state index is 0.0571. The Bertz CT molecular complexity index is 1450. The van der Waals surface area contributed by atoms with Crippen LogP contribution >= 0.6 is 11.3 Å². The summed E-state index contributed by atoms with van der Waals surface area (Å²) >= 11 is 1.28. The smallest absolute Gasteiger partial charge is 0.257 e. The minimum atomic E-state index is -0.921. The van der Waals surface area contributed by atoms with Gasteiger partial charge in [-0.1, -0.05) is 30.3 Å². The molecule has 0 bridgehead atoms. The van der Waals surface area contributed by atoms with Crippen molar-refractivity contribution < 1.29 is 19.1 Å². The molecule has 10 heteroatoms. The number of aryl methyl sites for hydroxylation is 1. The van der Waals surface area contributed by atoms with Crippen molar-refractivity contribution in [1.29, 1.82) is 0 Å².